The number of rotatable bonds is 8. The lowest BCUT2D eigenvalue weighted by Gasteiger charge is -2.59. The van der Waals surface area contributed by atoms with Crippen LogP contribution in [0, 0.1) is 57.2 Å². The zero-order valence-corrected chi connectivity index (χ0v) is 37.0. The van der Waals surface area contributed by atoms with Crippen LogP contribution in [-0.2, 0) is 38.2 Å². The van der Waals surface area contributed by atoms with Gasteiger partial charge in [-0.2, -0.15) is 0 Å². The molecule has 6 saturated carbocycles. The first-order valence-corrected chi connectivity index (χ1v) is 23.2. The highest BCUT2D eigenvalue weighted by Crippen LogP contribution is 2.70. The van der Waals surface area contributed by atoms with Gasteiger partial charge in [-0.25, -0.2) is 0 Å². The van der Waals surface area contributed by atoms with E-state index in [1.807, 2.05) is 12.2 Å². The van der Waals surface area contributed by atoms with Gasteiger partial charge in [0.15, 0.2) is 34.3 Å². The number of esters is 2. The molecule has 0 aromatic rings. The maximum absolute atomic E-state index is 13.1. The fourth-order valence-electron chi connectivity index (χ4n) is 15.8. The average molecular weight is 801 g/mol. The van der Waals surface area contributed by atoms with E-state index in [4.69, 9.17) is 9.47 Å². The van der Waals surface area contributed by atoms with E-state index in [2.05, 4.69) is 34.6 Å². The van der Waals surface area contributed by atoms with Crippen molar-refractivity contribution in [2.45, 2.75) is 195 Å². The van der Waals surface area contributed by atoms with E-state index < -0.39 is 11.2 Å². The molecule has 8 heteroatoms. The predicted octanol–water partition coefficient (Wildman–Crippen LogP) is 10.4. The quantitative estimate of drug-likeness (QED) is 0.176. The standard InChI is InChI=1S/C27H40O4.C23H32O4/c1-5-6-7-8-24(30)31-27(18(2)28)16-13-23-21-10-9-19-17-20(29)11-14-25(19,3)22(21)12-15-26(23,27)4;1-14(24)23(27-15(2)25)12-9-20-18-6-5-16-13-17(26)7-10-21(16,3)19(18)8-11-22(20,23)4/h17,21-23H,5-16H2,1-4H3;13,18-20H,5-12H2,1-4H3/t21-,22+,23+,25+,26+,27+;18-,19+,20+,21+,22+,23+/m11/s1. The van der Waals surface area contributed by atoms with Gasteiger partial charge in [0.05, 0.1) is 0 Å². The van der Waals surface area contributed by atoms with Crippen molar-refractivity contribution < 1.29 is 38.2 Å². The number of unbranched alkanes of at least 4 members (excludes halogenated alkanes) is 2. The molecule has 6 fully saturated rings. The van der Waals surface area contributed by atoms with Crippen LogP contribution in [0.2, 0.25) is 0 Å². The largest absolute Gasteiger partial charge is 0.451 e. The van der Waals surface area contributed by atoms with E-state index in [0.717, 1.165) is 96.3 Å². The van der Waals surface area contributed by atoms with Crippen molar-refractivity contribution in [1.82, 2.24) is 0 Å². The van der Waals surface area contributed by atoms with Gasteiger partial charge in [0.1, 0.15) is 0 Å². The maximum Gasteiger partial charge on any atom is 0.306 e. The minimum absolute atomic E-state index is 0.00650. The summed E-state index contributed by atoms with van der Waals surface area (Å²) < 4.78 is 12.0. The Labute approximate surface area is 347 Å². The van der Waals surface area contributed by atoms with Crippen LogP contribution >= 0.6 is 0 Å². The Hall–Kier alpha value is -2.90. The molecule has 0 spiro atoms. The van der Waals surface area contributed by atoms with Gasteiger partial charge in [-0.1, -0.05) is 58.6 Å². The van der Waals surface area contributed by atoms with Crippen molar-refractivity contribution in [3.63, 3.8) is 0 Å². The molecule has 0 aromatic heterocycles. The molecule has 320 valence electrons. The number of ketones is 4. The summed E-state index contributed by atoms with van der Waals surface area (Å²) in [6.45, 7) is 16.0. The Morgan fingerprint density at radius 3 is 1.41 bits per heavy atom. The van der Waals surface area contributed by atoms with E-state index in [9.17, 15) is 28.8 Å². The highest BCUT2D eigenvalue weighted by atomic mass is 16.6. The third-order valence-corrected chi connectivity index (χ3v) is 18.9. The number of fused-ring (bicyclic) bond motifs is 10. The van der Waals surface area contributed by atoms with Gasteiger partial charge in [0.2, 0.25) is 0 Å². The molecule has 0 amide bonds. The predicted molar refractivity (Wildman–Crippen MR) is 222 cm³/mol. The summed E-state index contributed by atoms with van der Waals surface area (Å²) in [5.41, 5.74) is 0.527. The maximum atomic E-state index is 13.1. The average Bonchev–Trinajstić information content (AvgIpc) is 3.64. The third kappa shape index (κ3) is 6.57. The van der Waals surface area contributed by atoms with Gasteiger partial charge in [-0.05, 0) is 169 Å². The minimum atomic E-state index is -0.953. The summed E-state index contributed by atoms with van der Waals surface area (Å²) in [5, 5.41) is 0. The summed E-state index contributed by atoms with van der Waals surface area (Å²) in [6.07, 6.45) is 21.8. The molecule has 8 aliphatic rings. The summed E-state index contributed by atoms with van der Waals surface area (Å²) in [7, 11) is 0. The van der Waals surface area contributed by atoms with Gasteiger partial charge in [0.25, 0.3) is 0 Å². The molecule has 0 radical (unpaired) electrons. The number of Topliss-reactive ketones (excluding diaryl/α,β-unsaturated/α-hetero) is 2. The normalized spacial score (nSPS) is 43.7. The number of carbonyl (C=O) groups is 6. The van der Waals surface area contributed by atoms with E-state index in [0.29, 0.717) is 67.6 Å². The Balaban J connectivity index is 0.000000178. The Morgan fingerprint density at radius 2 is 1.00 bits per heavy atom. The zero-order chi connectivity index (χ0) is 42.1. The summed E-state index contributed by atoms with van der Waals surface area (Å²) >= 11 is 0. The van der Waals surface area contributed by atoms with Crippen LogP contribution in [0.4, 0.5) is 0 Å². The Kier molecular flexibility index (Phi) is 11.6. The first-order valence-electron chi connectivity index (χ1n) is 23.2. The second-order valence-corrected chi connectivity index (χ2v) is 21.2. The molecule has 8 rings (SSSR count). The minimum Gasteiger partial charge on any atom is -0.451 e. The smallest absolute Gasteiger partial charge is 0.306 e. The first kappa shape index (κ1) is 43.2. The van der Waals surface area contributed by atoms with Gasteiger partial charge in [-0.3, -0.25) is 28.8 Å². The van der Waals surface area contributed by atoms with Gasteiger partial charge >= 0.3 is 11.9 Å². The van der Waals surface area contributed by atoms with Crippen molar-refractivity contribution in [2.24, 2.45) is 57.2 Å². The molecule has 0 heterocycles. The van der Waals surface area contributed by atoms with E-state index in [-0.39, 0.29) is 56.7 Å². The lowest BCUT2D eigenvalue weighted by Crippen LogP contribution is -2.58. The molecule has 0 aromatic carbocycles. The fourth-order valence-corrected chi connectivity index (χ4v) is 15.8. The summed E-state index contributed by atoms with van der Waals surface area (Å²) in [4.78, 5) is 74.4. The zero-order valence-electron chi connectivity index (χ0n) is 37.0. The number of carbonyl (C=O) groups excluding carboxylic acids is 6. The van der Waals surface area contributed by atoms with Crippen LogP contribution in [-0.4, -0.2) is 46.3 Å². The monoisotopic (exact) mass is 801 g/mol. The second-order valence-electron chi connectivity index (χ2n) is 21.2. The van der Waals surface area contributed by atoms with Crippen molar-refractivity contribution in [3.05, 3.63) is 23.3 Å². The van der Waals surface area contributed by atoms with Crippen LogP contribution in [0.3, 0.4) is 0 Å². The Bertz CT molecular complexity index is 1790. The van der Waals surface area contributed by atoms with E-state index in [1.165, 1.54) is 18.1 Å². The molecule has 8 aliphatic carbocycles. The number of ether oxygens (including phenoxy) is 2. The first-order chi connectivity index (χ1) is 27.3. The van der Waals surface area contributed by atoms with Crippen LogP contribution < -0.4 is 0 Å². The van der Waals surface area contributed by atoms with Crippen molar-refractivity contribution in [2.75, 3.05) is 0 Å². The third-order valence-electron chi connectivity index (χ3n) is 18.9. The van der Waals surface area contributed by atoms with Crippen LogP contribution in [0.15, 0.2) is 23.3 Å². The topological polar surface area (TPSA) is 121 Å². The molecular formula is C50H72O8. The van der Waals surface area contributed by atoms with Crippen molar-refractivity contribution in [3.8, 4) is 0 Å². The molecule has 8 nitrogen and oxygen atoms in total. The molecule has 12 atom stereocenters. The van der Waals surface area contributed by atoms with Crippen molar-refractivity contribution in [1.29, 1.82) is 0 Å². The molecule has 0 unspecified atom stereocenters. The number of hydrogen-bond acceptors (Lipinski definition) is 8. The number of hydrogen-bond donors (Lipinski definition) is 0. The highest BCUT2D eigenvalue weighted by Gasteiger charge is 2.69. The van der Waals surface area contributed by atoms with E-state index >= 15 is 0 Å². The fraction of sp³-hybridized carbons (Fsp3) is 0.800. The van der Waals surface area contributed by atoms with Crippen LogP contribution in [0.25, 0.3) is 0 Å². The summed E-state index contributed by atoms with van der Waals surface area (Å²) in [6, 6.07) is 0. The lowest BCUT2D eigenvalue weighted by molar-refractivity contribution is -0.189. The molecule has 0 N–H and O–H groups in total. The SMILES string of the molecule is CC(=O)O[C@]1(C(C)=O)CC[C@H]2[C@@H]3CCC4=CC(=O)CC[C@]4(C)[C@H]3CC[C@@]21C.CCCCCC(=O)O[C@]1(C(C)=O)CC[C@H]2[C@@H]3CCC4=CC(=O)CC[C@]4(C)[C@H]3CC[C@@]21C. The van der Waals surface area contributed by atoms with Gasteiger partial charge < -0.3 is 9.47 Å². The highest BCUT2D eigenvalue weighted by molar-refractivity contribution is 5.92. The van der Waals surface area contributed by atoms with Crippen LogP contribution in [0.5, 0.6) is 0 Å². The molecule has 0 aliphatic heterocycles. The number of allylic oxidation sites excluding steroid dienone is 2. The van der Waals surface area contributed by atoms with Crippen LogP contribution in [0.1, 0.15) is 184 Å². The lowest BCUT2D eigenvalue weighted by atomic mass is 9.46. The van der Waals surface area contributed by atoms with Gasteiger partial charge in [-0.15, -0.1) is 0 Å². The van der Waals surface area contributed by atoms with Gasteiger partial charge in [0, 0.05) is 37.0 Å². The molecule has 58 heavy (non-hydrogen) atoms. The molecule has 0 bridgehead atoms. The molecular weight excluding hydrogens is 729 g/mol. The van der Waals surface area contributed by atoms with E-state index in [1.54, 1.807) is 13.8 Å². The Morgan fingerprint density at radius 1 is 0.569 bits per heavy atom. The van der Waals surface area contributed by atoms with Crippen molar-refractivity contribution >= 4 is 35.1 Å². The second kappa shape index (κ2) is 15.5. The summed E-state index contributed by atoms with van der Waals surface area (Å²) in [5.74, 6) is 3.14. The molecule has 0 saturated heterocycles.